The molecule has 1 N–H and O–H groups in total. The zero-order chi connectivity index (χ0) is 8.39. The first-order valence-corrected chi connectivity index (χ1v) is 5.25. The SMILES string of the molecule is CN1CNC=C(C2OCCS2)C1. The van der Waals surface area contributed by atoms with Crippen molar-refractivity contribution in [2.24, 2.45) is 0 Å². The van der Waals surface area contributed by atoms with Crippen LogP contribution < -0.4 is 5.32 Å². The Hall–Kier alpha value is -0.190. The molecule has 4 heteroatoms. The van der Waals surface area contributed by atoms with Crippen LogP contribution in [0, 0.1) is 0 Å². The van der Waals surface area contributed by atoms with Crippen molar-refractivity contribution in [2.45, 2.75) is 5.44 Å². The van der Waals surface area contributed by atoms with Crippen LogP contribution in [0.3, 0.4) is 0 Å². The maximum absolute atomic E-state index is 5.57. The minimum atomic E-state index is 0.306. The summed E-state index contributed by atoms with van der Waals surface area (Å²) >= 11 is 1.89. The second-order valence-electron chi connectivity index (χ2n) is 3.17. The van der Waals surface area contributed by atoms with Crippen LogP contribution in [0.5, 0.6) is 0 Å². The molecule has 1 atom stereocenters. The average molecular weight is 186 g/mol. The van der Waals surface area contributed by atoms with E-state index in [4.69, 9.17) is 4.74 Å². The Bertz CT molecular complexity index is 189. The highest BCUT2D eigenvalue weighted by atomic mass is 32.2. The molecule has 0 aromatic carbocycles. The lowest BCUT2D eigenvalue weighted by atomic mass is 10.2. The maximum atomic E-state index is 5.57. The Morgan fingerprint density at radius 1 is 1.75 bits per heavy atom. The monoisotopic (exact) mass is 186 g/mol. The molecular formula is C8H14N2OS. The molecule has 68 valence electrons. The minimum absolute atomic E-state index is 0.306. The van der Waals surface area contributed by atoms with Gasteiger partial charge in [-0.25, -0.2) is 0 Å². The van der Waals surface area contributed by atoms with E-state index in [0.29, 0.717) is 5.44 Å². The molecule has 0 aliphatic carbocycles. The van der Waals surface area contributed by atoms with E-state index in [1.807, 2.05) is 11.8 Å². The van der Waals surface area contributed by atoms with E-state index < -0.39 is 0 Å². The van der Waals surface area contributed by atoms with Crippen LogP contribution in [0.1, 0.15) is 0 Å². The van der Waals surface area contributed by atoms with Gasteiger partial charge in [0.1, 0.15) is 5.44 Å². The summed E-state index contributed by atoms with van der Waals surface area (Å²) in [6.45, 7) is 2.88. The molecule has 0 bridgehead atoms. The van der Waals surface area contributed by atoms with Gasteiger partial charge in [0, 0.05) is 18.5 Å². The van der Waals surface area contributed by atoms with E-state index in [2.05, 4.69) is 23.5 Å². The summed E-state index contributed by atoms with van der Waals surface area (Å²) in [5, 5.41) is 3.23. The number of hydrogen-bond donors (Lipinski definition) is 1. The van der Waals surface area contributed by atoms with E-state index >= 15 is 0 Å². The molecule has 0 spiro atoms. The summed E-state index contributed by atoms with van der Waals surface area (Å²) < 4.78 is 5.57. The van der Waals surface area contributed by atoms with Crippen LogP contribution in [0.2, 0.25) is 0 Å². The van der Waals surface area contributed by atoms with E-state index in [1.165, 1.54) is 5.57 Å². The van der Waals surface area contributed by atoms with Crippen molar-refractivity contribution in [1.29, 1.82) is 0 Å². The van der Waals surface area contributed by atoms with Crippen molar-refractivity contribution in [3.05, 3.63) is 11.8 Å². The molecule has 0 amide bonds. The Balaban J connectivity index is 1.97. The first-order valence-electron chi connectivity index (χ1n) is 4.20. The standard InChI is InChI=1S/C8H14N2OS/c1-10-5-7(4-9-6-10)8-11-2-3-12-8/h4,8-9H,2-3,5-6H2,1H3. The molecule has 0 aromatic rings. The molecule has 1 unspecified atom stereocenters. The van der Waals surface area contributed by atoms with Gasteiger partial charge in [0.2, 0.25) is 0 Å². The van der Waals surface area contributed by atoms with Gasteiger partial charge in [-0.3, -0.25) is 4.90 Å². The lowest BCUT2D eigenvalue weighted by Crippen LogP contribution is -2.37. The summed E-state index contributed by atoms with van der Waals surface area (Å²) in [5.41, 5.74) is 1.67. The normalized spacial score (nSPS) is 31.4. The predicted molar refractivity (Wildman–Crippen MR) is 50.9 cm³/mol. The smallest absolute Gasteiger partial charge is 0.127 e. The van der Waals surface area contributed by atoms with Crippen LogP contribution in [0.25, 0.3) is 0 Å². The first-order chi connectivity index (χ1) is 5.86. The van der Waals surface area contributed by atoms with Crippen LogP contribution >= 0.6 is 11.8 Å². The van der Waals surface area contributed by atoms with Crippen molar-refractivity contribution in [2.75, 3.05) is 32.6 Å². The number of likely N-dealkylation sites (N-methyl/N-ethyl adjacent to an activating group) is 1. The van der Waals surface area contributed by atoms with Gasteiger partial charge in [-0.2, -0.15) is 0 Å². The third-order valence-electron chi connectivity index (χ3n) is 2.03. The summed E-state index contributed by atoms with van der Waals surface area (Å²) in [6.07, 6.45) is 2.10. The van der Waals surface area contributed by atoms with Gasteiger partial charge in [0.25, 0.3) is 0 Å². The van der Waals surface area contributed by atoms with Crippen molar-refractivity contribution in [3.8, 4) is 0 Å². The zero-order valence-electron chi connectivity index (χ0n) is 7.25. The van der Waals surface area contributed by atoms with Crippen LogP contribution in [-0.4, -0.2) is 43.0 Å². The summed E-state index contributed by atoms with van der Waals surface area (Å²) in [5.74, 6) is 1.13. The van der Waals surface area contributed by atoms with Crippen LogP contribution in [-0.2, 0) is 4.74 Å². The highest BCUT2D eigenvalue weighted by Gasteiger charge is 2.22. The van der Waals surface area contributed by atoms with E-state index in [1.54, 1.807) is 0 Å². The maximum Gasteiger partial charge on any atom is 0.127 e. The second kappa shape index (κ2) is 3.68. The number of rotatable bonds is 1. The summed E-state index contributed by atoms with van der Waals surface area (Å²) in [6, 6.07) is 0. The molecule has 0 saturated carbocycles. The lowest BCUT2D eigenvalue weighted by molar-refractivity contribution is 0.155. The average Bonchev–Trinajstić information content (AvgIpc) is 2.56. The molecule has 1 saturated heterocycles. The summed E-state index contributed by atoms with van der Waals surface area (Å²) in [7, 11) is 2.11. The van der Waals surface area contributed by atoms with Gasteiger partial charge in [-0.05, 0) is 12.6 Å². The Kier molecular flexibility index (Phi) is 2.58. The molecule has 2 aliphatic rings. The topological polar surface area (TPSA) is 24.5 Å². The number of nitrogens with zero attached hydrogens (tertiary/aromatic N) is 1. The Labute approximate surface area is 77.1 Å². The Morgan fingerprint density at radius 3 is 3.33 bits per heavy atom. The van der Waals surface area contributed by atoms with Crippen molar-refractivity contribution < 1.29 is 4.74 Å². The van der Waals surface area contributed by atoms with Gasteiger partial charge in [0.05, 0.1) is 13.3 Å². The van der Waals surface area contributed by atoms with Gasteiger partial charge in [-0.15, -0.1) is 11.8 Å². The highest BCUT2D eigenvalue weighted by Crippen LogP contribution is 2.27. The van der Waals surface area contributed by atoms with Crippen molar-refractivity contribution in [1.82, 2.24) is 10.2 Å². The fraction of sp³-hybridized carbons (Fsp3) is 0.750. The lowest BCUT2D eigenvalue weighted by Gasteiger charge is -2.26. The molecule has 12 heavy (non-hydrogen) atoms. The fourth-order valence-electron chi connectivity index (χ4n) is 1.46. The quantitative estimate of drug-likeness (QED) is 0.643. The van der Waals surface area contributed by atoms with Crippen molar-refractivity contribution in [3.63, 3.8) is 0 Å². The number of ether oxygens (including phenoxy) is 1. The van der Waals surface area contributed by atoms with Gasteiger partial charge >= 0.3 is 0 Å². The van der Waals surface area contributed by atoms with E-state index in [-0.39, 0.29) is 0 Å². The molecule has 2 aliphatic heterocycles. The minimum Gasteiger partial charge on any atom is -0.378 e. The molecular weight excluding hydrogens is 172 g/mol. The van der Waals surface area contributed by atoms with E-state index in [9.17, 15) is 0 Å². The van der Waals surface area contributed by atoms with Gasteiger partial charge in [-0.1, -0.05) is 0 Å². The fourth-order valence-corrected chi connectivity index (χ4v) is 2.42. The number of nitrogens with one attached hydrogen (secondary N) is 1. The largest absolute Gasteiger partial charge is 0.378 e. The van der Waals surface area contributed by atoms with Crippen LogP contribution in [0.15, 0.2) is 11.8 Å². The molecule has 1 fully saturated rings. The second-order valence-corrected chi connectivity index (χ2v) is 4.34. The zero-order valence-corrected chi connectivity index (χ0v) is 8.06. The molecule has 3 nitrogen and oxygen atoms in total. The van der Waals surface area contributed by atoms with Crippen LogP contribution in [0.4, 0.5) is 0 Å². The third kappa shape index (κ3) is 1.76. The molecule has 0 aromatic heterocycles. The first kappa shape index (κ1) is 8.41. The highest BCUT2D eigenvalue weighted by molar-refractivity contribution is 8.00. The molecule has 2 heterocycles. The van der Waals surface area contributed by atoms with Crippen molar-refractivity contribution >= 4 is 11.8 Å². The number of hydrogen-bond acceptors (Lipinski definition) is 4. The molecule has 0 radical (unpaired) electrons. The van der Waals surface area contributed by atoms with Gasteiger partial charge < -0.3 is 10.1 Å². The van der Waals surface area contributed by atoms with E-state index in [0.717, 1.165) is 25.6 Å². The molecule has 2 rings (SSSR count). The number of thioether (sulfide) groups is 1. The third-order valence-corrected chi connectivity index (χ3v) is 3.17. The Morgan fingerprint density at radius 2 is 2.67 bits per heavy atom. The summed E-state index contributed by atoms with van der Waals surface area (Å²) in [4.78, 5) is 2.25. The predicted octanol–water partition coefficient (Wildman–Crippen LogP) is 0.452. The van der Waals surface area contributed by atoms with Gasteiger partial charge in [0.15, 0.2) is 0 Å².